The lowest BCUT2D eigenvalue weighted by molar-refractivity contribution is 0.427. The van der Waals surface area contributed by atoms with E-state index in [4.69, 9.17) is 4.52 Å². The third-order valence-corrected chi connectivity index (χ3v) is 6.53. The van der Waals surface area contributed by atoms with Crippen LogP contribution in [0.4, 0.5) is 5.69 Å². The normalized spacial score (nSPS) is 11.7. The van der Waals surface area contributed by atoms with Crippen LogP contribution in [0.25, 0.3) is 10.6 Å². The van der Waals surface area contributed by atoms with E-state index >= 15 is 0 Å². The maximum Gasteiger partial charge on any atom is 0.263 e. The SMILES string of the molecule is Cc1ccc(NS(=O)(=O)c2cc(-c3onc(C)c3C)sc2C)cc1. The fourth-order valence-electron chi connectivity index (χ4n) is 2.32. The molecule has 126 valence electrons. The van der Waals surface area contributed by atoms with Crippen molar-refractivity contribution < 1.29 is 12.9 Å². The summed E-state index contributed by atoms with van der Waals surface area (Å²) in [7, 11) is -3.65. The van der Waals surface area contributed by atoms with E-state index in [1.54, 1.807) is 25.1 Å². The average molecular weight is 362 g/mol. The fourth-order valence-corrected chi connectivity index (χ4v) is 5.01. The summed E-state index contributed by atoms with van der Waals surface area (Å²) in [6.07, 6.45) is 0. The van der Waals surface area contributed by atoms with E-state index in [0.29, 0.717) is 16.3 Å². The molecule has 2 aromatic heterocycles. The Morgan fingerprint density at radius 3 is 2.33 bits per heavy atom. The van der Waals surface area contributed by atoms with Gasteiger partial charge in [-0.25, -0.2) is 8.42 Å². The van der Waals surface area contributed by atoms with Crippen LogP contribution in [0.3, 0.4) is 0 Å². The Morgan fingerprint density at radius 2 is 1.75 bits per heavy atom. The first kappa shape index (κ1) is 16.7. The largest absolute Gasteiger partial charge is 0.355 e. The topological polar surface area (TPSA) is 72.2 Å². The molecule has 0 unspecified atom stereocenters. The number of rotatable bonds is 4. The molecule has 3 rings (SSSR count). The Bertz CT molecular complexity index is 984. The van der Waals surface area contributed by atoms with Crippen LogP contribution in [-0.2, 0) is 10.0 Å². The highest BCUT2D eigenvalue weighted by atomic mass is 32.2. The summed E-state index contributed by atoms with van der Waals surface area (Å²) >= 11 is 1.38. The summed E-state index contributed by atoms with van der Waals surface area (Å²) in [6.45, 7) is 7.51. The number of nitrogens with zero attached hydrogens (tertiary/aromatic N) is 1. The van der Waals surface area contributed by atoms with Crippen molar-refractivity contribution in [3.8, 4) is 10.6 Å². The van der Waals surface area contributed by atoms with Crippen molar-refractivity contribution in [2.24, 2.45) is 0 Å². The monoisotopic (exact) mass is 362 g/mol. The molecule has 0 spiro atoms. The van der Waals surface area contributed by atoms with Gasteiger partial charge in [0.25, 0.3) is 10.0 Å². The quantitative estimate of drug-likeness (QED) is 0.745. The molecule has 3 aromatic rings. The molecule has 0 bridgehead atoms. The van der Waals surface area contributed by atoms with Crippen LogP contribution >= 0.6 is 11.3 Å². The van der Waals surface area contributed by atoms with Gasteiger partial charge in [-0.15, -0.1) is 11.3 Å². The zero-order chi connectivity index (χ0) is 17.5. The Kier molecular flexibility index (Phi) is 4.23. The molecule has 0 saturated heterocycles. The first-order valence-electron chi connectivity index (χ1n) is 7.41. The first-order chi connectivity index (χ1) is 11.3. The van der Waals surface area contributed by atoms with E-state index in [-0.39, 0.29) is 4.90 Å². The highest BCUT2D eigenvalue weighted by Gasteiger charge is 2.23. The summed E-state index contributed by atoms with van der Waals surface area (Å²) in [4.78, 5) is 1.73. The maximum atomic E-state index is 12.7. The molecule has 1 N–H and O–H groups in total. The second-order valence-corrected chi connectivity index (χ2v) is 8.63. The number of aromatic nitrogens is 1. The van der Waals surface area contributed by atoms with E-state index in [2.05, 4.69) is 9.88 Å². The smallest absolute Gasteiger partial charge is 0.263 e. The molecule has 0 atom stereocenters. The van der Waals surface area contributed by atoms with Gasteiger partial charge in [-0.3, -0.25) is 4.72 Å². The van der Waals surface area contributed by atoms with Gasteiger partial charge in [-0.2, -0.15) is 0 Å². The predicted molar refractivity (Wildman–Crippen MR) is 96.0 cm³/mol. The van der Waals surface area contributed by atoms with Gasteiger partial charge in [0.2, 0.25) is 0 Å². The summed E-state index contributed by atoms with van der Waals surface area (Å²) in [5.41, 5.74) is 3.34. The Labute approximate surface area is 145 Å². The summed E-state index contributed by atoms with van der Waals surface area (Å²) < 4.78 is 33.3. The van der Waals surface area contributed by atoms with Crippen LogP contribution in [0.15, 0.2) is 39.8 Å². The van der Waals surface area contributed by atoms with Gasteiger partial charge in [0, 0.05) is 16.1 Å². The zero-order valence-electron chi connectivity index (χ0n) is 13.9. The summed E-state index contributed by atoms with van der Waals surface area (Å²) in [5.74, 6) is 0.623. The minimum absolute atomic E-state index is 0.261. The van der Waals surface area contributed by atoms with E-state index in [0.717, 1.165) is 21.7 Å². The predicted octanol–water partition coefficient (Wildman–Crippen LogP) is 4.44. The standard InChI is InChI=1S/C17H18N2O3S2/c1-10-5-7-14(8-6-10)19-24(20,21)16-9-15(23-13(16)4)17-11(2)12(3)18-22-17/h5-9,19H,1-4H3. The molecular weight excluding hydrogens is 344 g/mol. The second-order valence-electron chi connectivity index (χ2n) is 5.72. The third-order valence-electron chi connectivity index (χ3n) is 3.85. The van der Waals surface area contributed by atoms with Crippen molar-refractivity contribution in [1.82, 2.24) is 5.16 Å². The van der Waals surface area contributed by atoms with Crippen molar-refractivity contribution in [2.75, 3.05) is 4.72 Å². The number of sulfonamides is 1. The number of nitrogens with one attached hydrogen (secondary N) is 1. The molecule has 7 heteroatoms. The van der Waals surface area contributed by atoms with Gasteiger partial charge in [0.1, 0.15) is 4.90 Å². The summed E-state index contributed by atoms with van der Waals surface area (Å²) in [5, 5.41) is 3.94. The van der Waals surface area contributed by atoms with Crippen molar-refractivity contribution in [2.45, 2.75) is 32.6 Å². The number of hydrogen-bond donors (Lipinski definition) is 1. The molecular formula is C17H18N2O3S2. The number of benzene rings is 1. The van der Waals surface area contributed by atoms with Crippen molar-refractivity contribution in [3.63, 3.8) is 0 Å². The molecule has 0 saturated carbocycles. The number of thiophene rings is 1. The van der Waals surface area contributed by atoms with Gasteiger partial charge in [-0.05, 0) is 45.9 Å². The highest BCUT2D eigenvalue weighted by molar-refractivity contribution is 7.93. The van der Waals surface area contributed by atoms with Crippen molar-refractivity contribution >= 4 is 27.0 Å². The van der Waals surface area contributed by atoms with Crippen LogP contribution in [-0.4, -0.2) is 13.6 Å². The van der Waals surface area contributed by atoms with E-state index < -0.39 is 10.0 Å². The van der Waals surface area contributed by atoms with Crippen molar-refractivity contribution in [1.29, 1.82) is 0 Å². The molecule has 0 fully saturated rings. The zero-order valence-corrected chi connectivity index (χ0v) is 15.5. The fraction of sp³-hybridized carbons (Fsp3) is 0.235. The minimum atomic E-state index is -3.65. The van der Waals surface area contributed by atoms with Gasteiger partial charge >= 0.3 is 0 Å². The molecule has 0 amide bonds. The molecule has 1 aromatic carbocycles. The number of anilines is 1. The van der Waals surface area contributed by atoms with E-state index in [9.17, 15) is 8.42 Å². The van der Waals surface area contributed by atoms with Crippen LogP contribution in [0.2, 0.25) is 0 Å². The maximum absolute atomic E-state index is 12.7. The van der Waals surface area contributed by atoms with Gasteiger partial charge in [0.15, 0.2) is 5.76 Å². The van der Waals surface area contributed by atoms with Crippen LogP contribution < -0.4 is 4.72 Å². The minimum Gasteiger partial charge on any atom is -0.355 e. The Hall–Kier alpha value is -2.12. The van der Waals surface area contributed by atoms with E-state index in [1.807, 2.05) is 32.9 Å². The van der Waals surface area contributed by atoms with Gasteiger partial charge < -0.3 is 4.52 Å². The molecule has 24 heavy (non-hydrogen) atoms. The lowest BCUT2D eigenvalue weighted by Gasteiger charge is -2.07. The molecule has 2 heterocycles. The lowest BCUT2D eigenvalue weighted by Crippen LogP contribution is -2.13. The van der Waals surface area contributed by atoms with E-state index in [1.165, 1.54) is 11.3 Å². The number of aryl methyl sites for hydroxylation is 3. The molecule has 0 aliphatic heterocycles. The van der Waals surface area contributed by atoms with Gasteiger partial charge in [-0.1, -0.05) is 22.9 Å². The summed E-state index contributed by atoms with van der Waals surface area (Å²) in [6, 6.07) is 8.87. The molecule has 0 aliphatic carbocycles. The highest BCUT2D eigenvalue weighted by Crippen LogP contribution is 2.36. The van der Waals surface area contributed by atoms with Crippen LogP contribution in [0, 0.1) is 27.7 Å². The van der Waals surface area contributed by atoms with Crippen LogP contribution in [0.5, 0.6) is 0 Å². The second kappa shape index (κ2) is 6.07. The Balaban J connectivity index is 1.97. The Morgan fingerprint density at radius 1 is 1.08 bits per heavy atom. The van der Waals surface area contributed by atoms with Gasteiger partial charge in [0.05, 0.1) is 10.6 Å². The average Bonchev–Trinajstić information content (AvgIpc) is 3.06. The molecule has 0 aliphatic rings. The number of hydrogen-bond acceptors (Lipinski definition) is 5. The molecule has 5 nitrogen and oxygen atoms in total. The van der Waals surface area contributed by atoms with Crippen molar-refractivity contribution in [3.05, 3.63) is 52.0 Å². The first-order valence-corrected chi connectivity index (χ1v) is 9.71. The third kappa shape index (κ3) is 3.09. The lowest BCUT2D eigenvalue weighted by atomic mass is 10.2. The van der Waals surface area contributed by atoms with Crippen LogP contribution in [0.1, 0.15) is 21.7 Å². The molecule has 0 radical (unpaired) electrons.